The predicted molar refractivity (Wildman–Crippen MR) is 82.6 cm³/mol. The van der Waals surface area contributed by atoms with E-state index < -0.39 is 17.7 Å². The molecule has 1 amide bonds. The van der Waals surface area contributed by atoms with E-state index in [9.17, 15) is 19.8 Å². The quantitative estimate of drug-likeness (QED) is 0.532. The van der Waals surface area contributed by atoms with Crippen LogP contribution in [0.3, 0.4) is 0 Å². The summed E-state index contributed by atoms with van der Waals surface area (Å²) in [4.78, 5) is 28.1. The Hall–Kier alpha value is -2.23. The van der Waals surface area contributed by atoms with E-state index in [-0.39, 0.29) is 15.9 Å². The second-order valence-corrected chi connectivity index (χ2v) is 4.75. The van der Waals surface area contributed by atoms with Crippen LogP contribution in [-0.2, 0) is 4.79 Å². The van der Waals surface area contributed by atoms with Crippen molar-refractivity contribution in [1.82, 2.24) is 4.73 Å². The van der Waals surface area contributed by atoms with Crippen LogP contribution in [-0.4, -0.2) is 31.2 Å². The molecule has 0 saturated heterocycles. The molecule has 1 aromatic heterocycles. The van der Waals surface area contributed by atoms with Crippen LogP contribution in [0.5, 0.6) is 11.8 Å². The Balaban J connectivity index is 2.16. The fourth-order valence-electron chi connectivity index (χ4n) is 1.55. The number of carbonyl (C=O) groups excluding carboxylic acids is 2. The minimum atomic E-state index is -0.789. The summed E-state index contributed by atoms with van der Waals surface area (Å²) < 4.78 is 0.885. The third kappa shape index (κ3) is 3.66. The first kappa shape index (κ1) is 15.2. The summed E-state index contributed by atoms with van der Waals surface area (Å²) in [6.07, 6.45) is 0. The van der Waals surface area contributed by atoms with Crippen molar-refractivity contribution in [2.24, 2.45) is 0 Å². The Morgan fingerprint density at radius 1 is 1.19 bits per heavy atom. The van der Waals surface area contributed by atoms with Crippen molar-refractivity contribution < 1.29 is 24.6 Å². The molecule has 1 aromatic carbocycles. The number of benzene rings is 1. The van der Waals surface area contributed by atoms with E-state index in [1.165, 1.54) is 24.3 Å². The second-order valence-electron chi connectivity index (χ2n) is 3.99. The van der Waals surface area contributed by atoms with E-state index >= 15 is 0 Å². The lowest BCUT2D eigenvalue weighted by atomic mass is 10.2. The lowest BCUT2D eigenvalue weighted by Gasteiger charge is -2.08. The summed E-state index contributed by atoms with van der Waals surface area (Å²) in [6, 6.07) is 8.49. The average Bonchev–Trinajstić information content (AvgIpc) is 2.79. The largest absolute Gasteiger partial charge is 0.492 e. The Kier molecular flexibility index (Phi) is 4.68. The molecule has 0 radical (unpaired) electrons. The molecule has 8 heteroatoms. The topological polar surface area (TPSA) is 101 Å². The van der Waals surface area contributed by atoms with Crippen LogP contribution in [0.2, 0.25) is 0 Å². The zero-order valence-electron chi connectivity index (χ0n) is 10.6. The molecule has 110 valence electrons. The number of nitrogens with zero attached hydrogens (tertiary/aromatic N) is 1. The molecule has 0 aliphatic heterocycles. The summed E-state index contributed by atoms with van der Waals surface area (Å²) in [7, 11) is 0. The van der Waals surface area contributed by atoms with Gasteiger partial charge < -0.3 is 20.4 Å². The van der Waals surface area contributed by atoms with E-state index in [1.54, 1.807) is 12.1 Å². The summed E-state index contributed by atoms with van der Waals surface area (Å²) >= 11 is 1.92. The van der Waals surface area contributed by atoms with E-state index in [4.69, 9.17) is 4.84 Å². The Labute approximate surface area is 133 Å². The van der Waals surface area contributed by atoms with Gasteiger partial charge in [-0.3, -0.25) is 4.79 Å². The molecule has 0 aliphatic rings. The van der Waals surface area contributed by atoms with Gasteiger partial charge in [-0.2, -0.15) is 0 Å². The van der Waals surface area contributed by atoms with Crippen LogP contribution in [0.25, 0.3) is 0 Å². The van der Waals surface area contributed by atoms with Gasteiger partial charge in [0.2, 0.25) is 17.7 Å². The van der Waals surface area contributed by atoms with Gasteiger partial charge in [-0.25, -0.2) is 4.79 Å². The minimum absolute atomic E-state index is 0.161. The fraction of sp³-hybridized carbons (Fsp3) is 0.0769. The summed E-state index contributed by atoms with van der Waals surface area (Å²) in [5.41, 5.74) is 0.612. The van der Waals surface area contributed by atoms with Gasteiger partial charge in [0.25, 0.3) is 0 Å². The lowest BCUT2D eigenvalue weighted by molar-refractivity contribution is -0.113. The number of aromatic nitrogens is 1. The highest BCUT2D eigenvalue weighted by molar-refractivity contribution is 14.1. The molecule has 2 aromatic rings. The maximum atomic E-state index is 11.9. The summed E-state index contributed by atoms with van der Waals surface area (Å²) in [5, 5.41) is 21.4. The lowest BCUT2D eigenvalue weighted by Crippen LogP contribution is -2.19. The van der Waals surface area contributed by atoms with Gasteiger partial charge in [-0.05, 0) is 18.2 Å². The molecule has 0 spiro atoms. The number of rotatable bonds is 4. The number of amides is 1. The number of hydrogen-bond acceptors (Lipinski definition) is 5. The molecule has 2 rings (SSSR count). The van der Waals surface area contributed by atoms with Crippen molar-refractivity contribution in [3.05, 3.63) is 42.0 Å². The predicted octanol–water partition coefficient (Wildman–Crippen LogP) is 1.54. The first-order valence-electron chi connectivity index (χ1n) is 5.79. The summed E-state index contributed by atoms with van der Waals surface area (Å²) in [5.74, 6) is -1.80. The molecule has 0 bridgehead atoms. The van der Waals surface area contributed by atoms with Gasteiger partial charge in [-0.1, -0.05) is 28.7 Å². The monoisotopic (exact) mass is 402 g/mol. The van der Waals surface area contributed by atoms with Crippen molar-refractivity contribution in [3.63, 3.8) is 0 Å². The van der Waals surface area contributed by atoms with Crippen LogP contribution < -0.4 is 10.2 Å². The van der Waals surface area contributed by atoms with Gasteiger partial charge in [0.15, 0.2) is 0 Å². The molecule has 1 heterocycles. The molecular weight excluding hydrogens is 391 g/mol. The van der Waals surface area contributed by atoms with Gasteiger partial charge in [0, 0.05) is 17.8 Å². The van der Waals surface area contributed by atoms with Crippen molar-refractivity contribution >= 4 is 40.2 Å². The smallest absolute Gasteiger partial charge is 0.364 e. The number of alkyl halides is 1. The van der Waals surface area contributed by atoms with Crippen LogP contribution in [0.4, 0.5) is 5.69 Å². The molecule has 0 atom stereocenters. The average molecular weight is 402 g/mol. The zero-order valence-corrected chi connectivity index (χ0v) is 12.8. The molecule has 3 N–H and O–H groups in total. The van der Waals surface area contributed by atoms with Gasteiger partial charge >= 0.3 is 5.97 Å². The van der Waals surface area contributed by atoms with E-state index in [2.05, 4.69) is 5.32 Å². The van der Waals surface area contributed by atoms with Crippen molar-refractivity contribution in [2.45, 2.75) is 0 Å². The highest BCUT2D eigenvalue weighted by Gasteiger charge is 2.14. The number of halogens is 1. The molecule has 21 heavy (non-hydrogen) atoms. The fourth-order valence-corrected chi connectivity index (χ4v) is 1.74. The Morgan fingerprint density at radius 2 is 1.86 bits per heavy atom. The van der Waals surface area contributed by atoms with E-state index in [0.29, 0.717) is 10.4 Å². The SMILES string of the molecule is O=C(CI)Nc1cccc(C(=O)On2c(O)ccc2O)c1. The first-order chi connectivity index (χ1) is 10.0. The van der Waals surface area contributed by atoms with E-state index in [0.717, 1.165) is 0 Å². The molecule has 0 aliphatic carbocycles. The molecular formula is C13H11IN2O5. The van der Waals surface area contributed by atoms with Gasteiger partial charge in [0.05, 0.1) is 9.99 Å². The van der Waals surface area contributed by atoms with Gasteiger partial charge in [-0.15, -0.1) is 4.73 Å². The molecule has 7 nitrogen and oxygen atoms in total. The standard InChI is InChI=1S/C13H11IN2O5/c14-7-10(17)15-9-3-1-2-8(6-9)13(20)21-16-11(18)4-5-12(16)19/h1-6,18-19H,7H2,(H,15,17). The van der Waals surface area contributed by atoms with Crippen LogP contribution >= 0.6 is 22.6 Å². The summed E-state index contributed by atoms with van der Waals surface area (Å²) in [6.45, 7) is 0. The third-order valence-corrected chi connectivity index (χ3v) is 3.17. The number of aromatic hydroxyl groups is 2. The van der Waals surface area contributed by atoms with E-state index in [1.807, 2.05) is 22.6 Å². The van der Waals surface area contributed by atoms with Crippen molar-refractivity contribution in [3.8, 4) is 11.8 Å². The normalized spacial score (nSPS) is 10.1. The maximum Gasteiger partial charge on any atom is 0.364 e. The Morgan fingerprint density at radius 3 is 2.48 bits per heavy atom. The minimum Gasteiger partial charge on any atom is -0.492 e. The maximum absolute atomic E-state index is 11.9. The van der Waals surface area contributed by atoms with Gasteiger partial charge in [0.1, 0.15) is 0 Å². The second kappa shape index (κ2) is 6.48. The number of anilines is 1. The molecule has 0 unspecified atom stereocenters. The molecule has 0 fully saturated rings. The van der Waals surface area contributed by atoms with Crippen molar-refractivity contribution in [1.29, 1.82) is 0 Å². The number of carbonyl (C=O) groups is 2. The van der Waals surface area contributed by atoms with Crippen LogP contribution in [0.1, 0.15) is 10.4 Å². The van der Waals surface area contributed by atoms with Crippen LogP contribution in [0, 0.1) is 0 Å². The third-order valence-electron chi connectivity index (χ3n) is 2.48. The van der Waals surface area contributed by atoms with Crippen molar-refractivity contribution in [2.75, 3.05) is 9.74 Å². The highest BCUT2D eigenvalue weighted by Crippen LogP contribution is 2.19. The zero-order chi connectivity index (χ0) is 15.4. The highest BCUT2D eigenvalue weighted by atomic mass is 127. The van der Waals surface area contributed by atoms with Crippen LogP contribution in [0.15, 0.2) is 36.4 Å². The number of nitrogens with one attached hydrogen (secondary N) is 1. The number of hydrogen-bond donors (Lipinski definition) is 3. The Bertz CT molecular complexity index is 663. The first-order valence-corrected chi connectivity index (χ1v) is 7.32. The molecule has 0 saturated carbocycles.